The topological polar surface area (TPSA) is 68.9 Å². The number of anilines is 1. The normalized spacial score (nSPS) is 11.1. The molecule has 0 aliphatic carbocycles. The van der Waals surface area contributed by atoms with Crippen molar-refractivity contribution in [3.63, 3.8) is 0 Å². The van der Waals surface area contributed by atoms with Gasteiger partial charge in [-0.25, -0.2) is 9.78 Å². The molecule has 4 rings (SSSR count). The highest BCUT2D eigenvalue weighted by Gasteiger charge is 2.16. The zero-order chi connectivity index (χ0) is 18.8. The second kappa shape index (κ2) is 7.50. The second-order valence-electron chi connectivity index (χ2n) is 6.07. The smallest absolute Gasteiger partial charge is 0.300 e. The van der Waals surface area contributed by atoms with Gasteiger partial charge in [-0.15, -0.1) is 22.7 Å². The van der Waals surface area contributed by atoms with Crippen LogP contribution in [0.15, 0.2) is 52.0 Å². The predicted octanol–water partition coefficient (Wildman–Crippen LogP) is 4.04. The van der Waals surface area contributed by atoms with E-state index in [0.29, 0.717) is 11.7 Å². The third-order valence-electron chi connectivity index (χ3n) is 4.20. The third-order valence-corrected chi connectivity index (χ3v) is 5.85. The van der Waals surface area contributed by atoms with E-state index < -0.39 is 0 Å². The minimum absolute atomic E-state index is 0.0377. The van der Waals surface area contributed by atoms with Crippen LogP contribution in [0.2, 0.25) is 0 Å². The Kier molecular flexibility index (Phi) is 4.91. The summed E-state index contributed by atoms with van der Waals surface area (Å²) < 4.78 is 3.25. The van der Waals surface area contributed by atoms with Crippen LogP contribution in [0.25, 0.3) is 21.6 Å². The van der Waals surface area contributed by atoms with Crippen molar-refractivity contribution in [3.05, 3.63) is 57.6 Å². The monoisotopic (exact) mass is 398 g/mol. The van der Waals surface area contributed by atoms with Crippen molar-refractivity contribution in [1.82, 2.24) is 14.1 Å². The number of benzene rings is 1. The molecule has 1 amide bonds. The van der Waals surface area contributed by atoms with Gasteiger partial charge in [-0.1, -0.05) is 25.1 Å². The van der Waals surface area contributed by atoms with Crippen LogP contribution in [0.3, 0.4) is 0 Å². The number of fused-ring (bicyclic) bond motifs is 1. The maximum absolute atomic E-state index is 12.8. The van der Waals surface area contributed by atoms with Crippen LogP contribution >= 0.6 is 22.7 Å². The van der Waals surface area contributed by atoms with Gasteiger partial charge in [0.1, 0.15) is 6.54 Å². The molecule has 1 aromatic carbocycles. The molecule has 3 heterocycles. The van der Waals surface area contributed by atoms with Crippen molar-refractivity contribution in [2.24, 2.45) is 0 Å². The van der Waals surface area contributed by atoms with E-state index in [0.717, 1.165) is 28.0 Å². The summed E-state index contributed by atoms with van der Waals surface area (Å²) in [6.45, 7) is 2.62. The van der Waals surface area contributed by atoms with Crippen LogP contribution in [0.5, 0.6) is 0 Å². The average molecular weight is 399 g/mol. The number of amides is 1. The molecular weight excluding hydrogens is 380 g/mol. The molecule has 8 heteroatoms. The Hall–Kier alpha value is -2.71. The average Bonchev–Trinajstić information content (AvgIpc) is 3.39. The lowest BCUT2D eigenvalue weighted by Crippen LogP contribution is -2.29. The Morgan fingerprint density at radius 1 is 1.11 bits per heavy atom. The van der Waals surface area contributed by atoms with Crippen molar-refractivity contribution >= 4 is 44.7 Å². The van der Waals surface area contributed by atoms with Gasteiger partial charge in [-0.05, 0) is 30.0 Å². The number of imidazole rings is 1. The predicted molar refractivity (Wildman–Crippen MR) is 111 cm³/mol. The zero-order valence-electron chi connectivity index (χ0n) is 14.7. The highest BCUT2D eigenvalue weighted by atomic mass is 32.1. The summed E-state index contributed by atoms with van der Waals surface area (Å²) >= 11 is 2.98. The number of aryl methyl sites for hydroxylation is 1. The lowest BCUT2D eigenvalue weighted by Gasteiger charge is -2.03. The van der Waals surface area contributed by atoms with Crippen molar-refractivity contribution in [2.45, 2.75) is 26.4 Å². The van der Waals surface area contributed by atoms with Gasteiger partial charge in [0.25, 0.3) is 0 Å². The fraction of sp³-hybridized carbons (Fsp3) is 0.211. The van der Waals surface area contributed by atoms with Crippen LogP contribution in [-0.4, -0.2) is 20.0 Å². The van der Waals surface area contributed by atoms with E-state index in [2.05, 4.69) is 10.3 Å². The Balaban J connectivity index is 1.57. The molecule has 0 bridgehead atoms. The molecule has 0 fully saturated rings. The molecule has 0 aliphatic heterocycles. The first kappa shape index (κ1) is 17.7. The highest BCUT2D eigenvalue weighted by Crippen LogP contribution is 2.28. The van der Waals surface area contributed by atoms with E-state index in [1.807, 2.05) is 54.1 Å². The number of para-hydroxylation sites is 2. The van der Waals surface area contributed by atoms with Gasteiger partial charge < -0.3 is 5.32 Å². The molecule has 3 aromatic heterocycles. The summed E-state index contributed by atoms with van der Waals surface area (Å²) in [4.78, 5) is 30.8. The van der Waals surface area contributed by atoms with Crippen LogP contribution in [0.4, 0.5) is 5.13 Å². The number of thiazole rings is 1. The van der Waals surface area contributed by atoms with Gasteiger partial charge in [-0.3, -0.25) is 13.9 Å². The number of nitrogens with zero attached hydrogens (tertiary/aromatic N) is 3. The van der Waals surface area contributed by atoms with E-state index >= 15 is 0 Å². The van der Waals surface area contributed by atoms with Crippen LogP contribution < -0.4 is 11.0 Å². The summed E-state index contributed by atoms with van der Waals surface area (Å²) in [6, 6.07) is 11.5. The number of carbonyl (C=O) groups is 1. The third kappa shape index (κ3) is 3.45. The van der Waals surface area contributed by atoms with Gasteiger partial charge in [0.2, 0.25) is 5.91 Å². The molecule has 4 aromatic rings. The molecular formula is C19H18N4O2S2. The molecule has 0 saturated heterocycles. The number of nitrogens with one attached hydrogen (secondary N) is 1. The molecule has 27 heavy (non-hydrogen) atoms. The minimum Gasteiger partial charge on any atom is -0.300 e. The van der Waals surface area contributed by atoms with E-state index in [9.17, 15) is 9.59 Å². The molecule has 138 valence electrons. The number of rotatable bonds is 6. The summed E-state index contributed by atoms with van der Waals surface area (Å²) in [5, 5.41) is 7.25. The Morgan fingerprint density at radius 3 is 2.59 bits per heavy atom. The van der Waals surface area contributed by atoms with Crippen LogP contribution in [0, 0.1) is 0 Å². The Bertz CT molecular complexity index is 1140. The summed E-state index contributed by atoms with van der Waals surface area (Å²) in [6.07, 6.45) is 0.852. The zero-order valence-corrected chi connectivity index (χ0v) is 16.3. The molecule has 0 radical (unpaired) electrons. The van der Waals surface area contributed by atoms with Gasteiger partial charge in [0, 0.05) is 11.9 Å². The minimum atomic E-state index is -0.261. The number of hydrogen-bond donors (Lipinski definition) is 1. The maximum atomic E-state index is 12.8. The van der Waals surface area contributed by atoms with Crippen molar-refractivity contribution in [3.8, 4) is 10.6 Å². The highest BCUT2D eigenvalue weighted by molar-refractivity contribution is 7.16. The summed E-state index contributed by atoms with van der Waals surface area (Å²) in [5.74, 6) is -0.261. The van der Waals surface area contributed by atoms with E-state index in [4.69, 9.17) is 0 Å². The van der Waals surface area contributed by atoms with Gasteiger partial charge >= 0.3 is 5.69 Å². The SMILES string of the molecule is CCCn1c(=O)n(CC(=O)Nc2nc(-c3cccs3)cs2)c2ccccc21. The largest absolute Gasteiger partial charge is 0.329 e. The van der Waals surface area contributed by atoms with E-state index in [1.54, 1.807) is 15.9 Å². The summed E-state index contributed by atoms with van der Waals surface area (Å²) in [7, 11) is 0. The number of carbonyl (C=O) groups excluding carboxylic acids is 1. The van der Waals surface area contributed by atoms with Crippen molar-refractivity contribution in [1.29, 1.82) is 0 Å². The lowest BCUT2D eigenvalue weighted by molar-refractivity contribution is -0.116. The van der Waals surface area contributed by atoms with Gasteiger partial charge in [0.05, 0.1) is 21.6 Å². The van der Waals surface area contributed by atoms with Crippen LogP contribution in [0.1, 0.15) is 13.3 Å². The Morgan fingerprint density at radius 2 is 1.89 bits per heavy atom. The van der Waals surface area contributed by atoms with Crippen LogP contribution in [-0.2, 0) is 17.9 Å². The van der Waals surface area contributed by atoms with Crippen molar-refractivity contribution < 1.29 is 4.79 Å². The second-order valence-corrected chi connectivity index (χ2v) is 7.88. The first-order valence-corrected chi connectivity index (χ1v) is 10.4. The molecule has 0 aliphatic rings. The fourth-order valence-corrected chi connectivity index (χ4v) is 4.52. The van der Waals surface area contributed by atoms with Gasteiger partial charge in [-0.2, -0.15) is 0 Å². The quantitative estimate of drug-likeness (QED) is 0.533. The standard InChI is InChI=1S/C19H18N4O2S2/c1-2-9-22-14-6-3-4-7-15(14)23(19(22)25)11-17(24)21-18-20-13(12-27-18)16-8-5-10-26-16/h3-8,10,12H,2,9,11H2,1H3,(H,20,21,24). The van der Waals surface area contributed by atoms with Gasteiger partial charge in [0.15, 0.2) is 5.13 Å². The molecule has 1 N–H and O–H groups in total. The number of thiophene rings is 1. The van der Waals surface area contributed by atoms with E-state index in [-0.39, 0.29) is 18.1 Å². The van der Waals surface area contributed by atoms with Crippen molar-refractivity contribution in [2.75, 3.05) is 5.32 Å². The fourth-order valence-electron chi connectivity index (χ4n) is 3.04. The summed E-state index contributed by atoms with van der Waals surface area (Å²) in [5.41, 5.74) is 2.31. The molecule has 0 saturated carbocycles. The first-order chi connectivity index (χ1) is 13.2. The van der Waals surface area contributed by atoms with E-state index in [1.165, 1.54) is 15.9 Å². The lowest BCUT2D eigenvalue weighted by atomic mass is 10.3. The first-order valence-electron chi connectivity index (χ1n) is 8.64. The molecule has 0 unspecified atom stereocenters. The number of hydrogen-bond acceptors (Lipinski definition) is 5. The number of aromatic nitrogens is 3. The Labute approximate surface area is 163 Å². The maximum Gasteiger partial charge on any atom is 0.329 e. The molecule has 0 atom stereocenters. The molecule has 0 spiro atoms. The molecule has 6 nitrogen and oxygen atoms in total.